The topological polar surface area (TPSA) is 89.8 Å². The third-order valence-corrected chi connectivity index (χ3v) is 2.66. The van der Waals surface area contributed by atoms with Gasteiger partial charge >= 0.3 is 6.01 Å². The Kier molecular flexibility index (Phi) is 5.30. The number of ether oxygens (including phenoxy) is 1. The molecular formula is C13H21N7O. The standard InChI is InChI=1S/C13H21N7O/c1-4-14-11-16-12(18-13(17-11)21-5-2)15-8-6-10-7-9-20(3)19-10/h7,9H,4-6,8H2,1-3H3,(H2,14,15,16,17,18). The number of nitrogens with zero attached hydrogens (tertiary/aromatic N) is 5. The van der Waals surface area contributed by atoms with Crippen LogP contribution in [0, 0.1) is 0 Å². The predicted octanol–water partition coefficient (Wildman–Crippen LogP) is 1.09. The Morgan fingerprint density at radius 3 is 2.52 bits per heavy atom. The normalized spacial score (nSPS) is 10.4. The van der Waals surface area contributed by atoms with Crippen LogP contribution in [0.3, 0.4) is 0 Å². The summed E-state index contributed by atoms with van der Waals surface area (Å²) in [5, 5.41) is 10.6. The molecule has 0 amide bonds. The second-order valence-corrected chi connectivity index (χ2v) is 4.39. The van der Waals surface area contributed by atoms with Crippen molar-refractivity contribution in [3.63, 3.8) is 0 Å². The molecule has 0 bridgehead atoms. The van der Waals surface area contributed by atoms with Gasteiger partial charge in [-0.3, -0.25) is 4.68 Å². The van der Waals surface area contributed by atoms with Gasteiger partial charge in [-0.05, 0) is 19.9 Å². The van der Waals surface area contributed by atoms with Crippen molar-refractivity contribution in [3.05, 3.63) is 18.0 Å². The van der Waals surface area contributed by atoms with Crippen molar-refractivity contribution in [1.82, 2.24) is 24.7 Å². The monoisotopic (exact) mass is 291 g/mol. The maximum atomic E-state index is 5.34. The molecule has 0 unspecified atom stereocenters. The van der Waals surface area contributed by atoms with Gasteiger partial charge in [-0.25, -0.2) is 0 Å². The largest absolute Gasteiger partial charge is 0.464 e. The number of anilines is 2. The van der Waals surface area contributed by atoms with Gasteiger partial charge in [0.1, 0.15) is 0 Å². The first-order chi connectivity index (χ1) is 10.2. The summed E-state index contributed by atoms with van der Waals surface area (Å²) >= 11 is 0. The zero-order valence-electron chi connectivity index (χ0n) is 12.6. The summed E-state index contributed by atoms with van der Waals surface area (Å²) < 4.78 is 7.13. The minimum absolute atomic E-state index is 0.323. The fourth-order valence-corrected chi connectivity index (χ4v) is 1.77. The maximum Gasteiger partial charge on any atom is 0.323 e. The molecule has 0 saturated carbocycles. The van der Waals surface area contributed by atoms with E-state index in [1.54, 1.807) is 4.68 Å². The number of aryl methyl sites for hydroxylation is 1. The SMILES string of the molecule is CCNc1nc(NCCc2ccn(C)n2)nc(OCC)n1. The lowest BCUT2D eigenvalue weighted by Crippen LogP contribution is -2.12. The lowest BCUT2D eigenvalue weighted by molar-refractivity contribution is 0.312. The minimum atomic E-state index is 0.323. The Morgan fingerprint density at radius 2 is 1.90 bits per heavy atom. The predicted molar refractivity (Wildman–Crippen MR) is 80.6 cm³/mol. The second-order valence-electron chi connectivity index (χ2n) is 4.39. The second kappa shape index (κ2) is 7.41. The van der Waals surface area contributed by atoms with Gasteiger partial charge in [0.2, 0.25) is 11.9 Å². The van der Waals surface area contributed by atoms with Crippen LogP contribution in [-0.4, -0.2) is 44.4 Å². The van der Waals surface area contributed by atoms with E-state index in [0.29, 0.717) is 31.1 Å². The van der Waals surface area contributed by atoms with Gasteiger partial charge in [0.25, 0.3) is 0 Å². The van der Waals surface area contributed by atoms with Gasteiger partial charge in [0.05, 0.1) is 12.3 Å². The molecule has 2 aromatic rings. The van der Waals surface area contributed by atoms with Gasteiger partial charge < -0.3 is 15.4 Å². The van der Waals surface area contributed by atoms with Crippen LogP contribution in [0.25, 0.3) is 0 Å². The first kappa shape index (κ1) is 15.0. The maximum absolute atomic E-state index is 5.34. The van der Waals surface area contributed by atoms with E-state index in [-0.39, 0.29) is 0 Å². The summed E-state index contributed by atoms with van der Waals surface area (Å²) in [6.45, 7) is 5.83. The molecule has 0 atom stereocenters. The smallest absolute Gasteiger partial charge is 0.323 e. The summed E-state index contributed by atoms with van der Waals surface area (Å²) in [4.78, 5) is 12.7. The van der Waals surface area contributed by atoms with Gasteiger partial charge in [0, 0.05) is 32.8 Å². The van der Waals surface area contributed by atoms with Crippen LogP contribution >= 0.6 is 0 Å². The Balaban J connectivity index is 1.97. The van der Waals surface area contributed by atoms with Gasteiger partial charge in [-0.1, -0.05) is 0 Å². The van der Waals surface area contributed by atoms with Crippen LogP contribution in [0.5, 0.6) is 6.01 Å². The van der Waals surface area contributed by atoms with Crippen molar-refractivity contribution in [3.8, 4) is 6.01 Å². The van der Waals surface area contributed by atoms with E-state index in [9.17, 15) is 0 Å². The van der Waals surface area contributed by atoms with Gasteiger partial charge in [-0.2, -0.15) is 20.1 Å². The molecule has 2 N–H and O–H groups in total. The molecule has 0 aliphatic rings. The Morgan fingerprint density at radius 1 is 1.14 bits per heavy atom. The third kappa shape index (κ3) is 4.59. The number of nitrogens with one attached hydrogen (secondary N) is 2. The van der Waals surface area contributed by atoms with E-state index in [0.717, 1.165) is 18.7 Å². The van der Waals surface area contributed by atoms with Crippen LogP contribution in [0.15, 0.2) is 12.3 Å². The highest BCUT2D eigenvalue weighted by molar-refractivity contribution is 5.35. The van der Waals surface area contributed by atoms with E-state index in [1.165, 1.54) is 0 Å². The average molecular weight is 291 g/mol. The van der Waals surface area contributed by atoms with Crippen LogP contribution < -0.4 is 15.4 Å². The zero-order valence-corrected chi connectivity index (χ0v) is 12.6. The molecular weight excluding hydrogens is 270 g/mol. The van der Waals surface area contributed by atoms with Gasteiger partial charge in [0.15, 0.2) is 0 Å². The van der Waals surface area contributed by atoms with E-state index in [1.807, 2.05) is 33.2 Å². The van der Waals surface area contributed by atoms with Gasteiger partial charge in [-0.15, -0.1) is 0 Å². The first-order valence-electron chi connectivity index (χ1n) is 7.06. The molecule has 0 spiro atoms. The lowest BCUT2D eigenvalue weighted by Gasteiger charge is -2.08. The molecule has 0 aliphatic carbocycles. The van der Waals surface area contributed by atoms with E-state index in [2.05, 4.69) is 30.7 Å². The first-order valence-corrected chi connectivity index (χ1v) is 7.06. The lowest BCUT2D eigenvalue weighted by atomic mass is 10.3. The summed E-state index contributed by atoms with van der Waals surface area (Å²) in [7, 11) is 1.90. The molecule has 0 fully saturated rings. The molecule has 2 heterocycles. The fraction of sp³-hybridized carbons (Fsp3) is 0.538. The zero-order chi connectivity index (χ0) is 15.1. The number of hydrogen-bond donors (Lipinski definition) is 2. The molecule has 0 saturated heterocycles. The van der Waals surface area contributed by atoms with Crippen molar-refractivity contribution in [2.75, 3.05) is 30.3 Å². The quantitative estimate of drug-likeness (QED) is 0.752. The van der Waals surface area contributed by atoms with Crippen LogP contribution in [0.2, 0.25) is 0 Å². The van der Waals surface area contributed by atoms with Crippen molar-refractivity contribution in [2.24, 2.45) is 7.05 Å². The average Bonchev–Trinajstić information content (AvgIpc) is 2.85. The van der Waals surface area contributed by atoms with Crippen molar-refractivity contribution >= 4 is 11.9 Å². The van der Waals surface area contributed by atoms with Crippen LogP contribution in [0.4, 0.5) is 11.9 Å². The molecule has 114 valence electrons. The van der Waals surface area contributed by atoms with Crippen molar-refractivity contribution in [2.45, 2.75) is 20.3 Å². The van der Waals surface area contributed by atoms with E-state index >= 15 is 0 Å². The van der Waals surface area contributed by atoms with E-state index in [4.69, 9.17) is 4.74 Å². The summed E-state index contributed by atoms with van der Waals surface area (Å²) in [5.41, 5.74) is 1.02. The highest BCUT2D eigenvalue weighted by Crippen LogP contribution is 2.11. The molecule has 0 radical (unpaired) electrons. The third-order valence-electron chi connectivity index (χ3n) is 2.66. The molecule has 0 aliphatic heterocycles. The van der Waals surface area contributed by atoms with Crippen molar-refractivity contribution < 1.29 is 4.74 Å². The van der Waals surface area contributed by atoms with Crippen LogP contribution in [0.1, 0.15) is 19.5 Å². The highest BCUT2D eigenvalue weighted by atomic mass is 16.5. The molecule has 2 rings (SSSR count). The highest BCUT2D eigenvalue weighted by Gasteiger charge is 2.06. The molecule has 8 nitrogen and oxygen atoms in total. The molecule has 8 heteroatoms. The summed E-state index contributed by atoms with van der Waals surface area (Å²) in [6, 6.07) is 2.31. The van der Waals surface area contributed by atoms with Crippen LogP contribution in [-0.2, 0) is 13.5 Å². The number of hydrogen-bond acceptors (Lipinski definition) is 7. The Labute approximate surface area is 124 Å². The fourth-order valence-electron chi connectivity index (χ4n) is 1.77. The molecule has 2 aromatic heterocycles. The number of rotatable bonds is 8. The number of aromatic nitrogens is 5. The van der Waals surface area contributed by atoms with E-state index < -0.39 is 0 Å². The molecule has 21 heavy (non-hydrogen) atoms. The Bertz CT molecular complexity index is 545. The Hall–Kier alpha value is -2.38. The van der Waals surface area contributed by atoms with Crippen molar-refractivity contribution in [1.29, 1.82) is 0 Å². The summed E-state index contributed by atoms with van der Waals surface area (Å²) in [5.74, 6) is 1.01. The molecule has 0 aromatic carbocycles. The minimum Gasteiger partial charge on any atom is -0.464 e. The summed E-state index contributed by atoms with van der Waals surface area (Å²) in [6.07, 6.45) is 2.72.